The predicted octanol–water partition coefficient (Wildman–Crippen LogP) is 3.74. The molecule has 2 aromatic rings. The van der Waals surface area contributed by atoms with E-state index < -0.39 is 0 Å². The summed E-state index contributed by atoms with van der Waals surface area (Å²) in [6.07, 6.45) is 7.39. The molecule has 0 aliphatic carbocycles. The maximum atomic E-state index is 11.9. The molecule has 0 radical (unpaired) electrons. The number of nitrogens with zero attached hydrogens (tertiary/aromatic N) is 1. The van der Waals surface area contributed by atoms with Crippen LogP contribution in [0.4, 0.5) is 11.4 Å². The Morgan fingerprint density at radius 3 is 2.88 bits per heavy atom. The monoisotopic (exact) mass is 325 g/mol. The van der Waals surface area contributed by atoms with E-state index in [4.69, 9.17) is 10.5 Å². The van der Waals surface area contributed by atoms with Crippen molar-refractivity contribution in [1.82, 2.24) is 4.98 Å². The highest BCUT2D eigenvalue weighted by Crippen LogP contribution is 2.23. The van der Waals surface area contributed by atoms with Gasteiger partial charge in [0.15, 0.2) is 0 Å². The Morgan fingerprint density at radius 1 is 1.38 bits per heavy atom. The van der Waals surface area contributed by atoms with Crippen molar-refractivity contribution < 1.29 is 9.53 Å². The summed E-state index contributed by atoms with van der Waals surface area (Å²) in [7, 11) is 0. The van der Waals surface area contributed by atoms with Crippen molar-refractivity contribution in [3.05, 3.63) is 54.4 Å². The van der Waals surface area contributed by atoms with Gasteiger partial charge in [-0.15, -0.1) is 0 Å². The fourth-order valence-electron chi connectivity index (χ4n) is 2.00. The number of carbonyl (C=O) groups excluding carboxylic acids is 1. The van der Waals surface area contributed by atoms with Crippen molar-refractivity contribution in [2.75, 3.05) is 17.7 Å². The Kier molecular flexibility index (Phi) is 6.37. The molecule has 1 amide bonds. The number of nitrogen functional groups attached to an aromatic ring is 1. The second kappa shape index (κ2) is 8.72. The fourth-order valence-corrected chi connectivity index (χ4v) is 2.00. The first kappa shape index (κ1) is 17.5. The second-order valence-corrected chi connectivity index (χ2v) is 5.89. The van der Waals surface area contributed by atoms with E-state index in [1.54, 1.807) is 36.7 Å². The summed E-state index contributed by atoms with van der Waals surface area (Å²) in [5.41, 5.74) is 8.06. The first-order valence-electron chi connectivity index (χ1n) is 7.96. The molecule has 5 heteroatoms. The molecule has 2 rings (SSSR count). The SMILES string of the molecule is CC(C)CCOc1ccc(/C=C\C(=O)Nc2cccnc2)cc1N. The van der Waals surface area contributed by atoms with Crippen molar-refractivity contribution >= 4 is 23.4 Å². The third-order valence-electron chi connectivity index (χ3n) is 3.34. The molecule has 0 spiro atoms. The molecule has 0 saturated heterocycles. The number of carbonyl (C=O) groups is 1. The Hall–Kier alpha value is -2.82. The number of anilines is 2. The van der Waals surface area contributed by atoms with Crippen LogP contribution in [0.5, 0.6) is 5.75 Å². The van der Waals surface area contributed by atoms with Gasteiger partial charge in [0.05, 0.1) is 24.2 Å². The van der Waals surface area contributed by atoms with E-state index in [9.17, 15) is 4.79 Å². The highest BCUT2D eigenvalue weighted by molar-refractivity contribution is 6.01. The first-order valence-corrected chi connectivity index (χ1v) is 7.96. The summed E-state index contributed by atoms with van der Waals surface area (Å²) in [5, 5.41) is 2.73. The van der Waals surface area contributed by atoms with Crippen LogP contribution in [0.15, 0.2) is 48.8 Å². The van der Waals surface area contributed by atoms with Crippen LogP contribution in [-0.2, 0) is 4.79 Å². The largest absolute Gasteiger partial charge is 0.491 e. The maximum Gasteiger partial charge on any atom is 0.248 e. The number of hydrogen-bond acceptors (Lipinski definition) is 4. The Bertz CT molecular complexity index is 697. The van der Waals surface area contributed by atoms with E-state index in [1.165, 1.54) is 6.08 Å². The van der Waals surface area contributed by atoms with Gasteiger partial charge in [0.2, 0.25) is 5.91 Å². The van der Waals surface area contributed by atoms with Gasteiger partial charge in [-0.1, -0.05) is 19.9 Å². The van der Waals surface area contributed by atoms with Gasteiger partial charge >= 0.3 is 0 Å². The summed E-state index contributed by atoms with van der Waals surface area (Å²) in [5.74, 6) is 1.04. The number of ether oxygens (including phenoxy) is 1. The molecule has 0 aliphatic heterocycles. The van der Waals surface area contributed by atoms with Gasteiger partial charge < -0.3 is 15.8 Å². The van der Waals surface area contributed by atoms with Crippen LogP contribution >= 0.6 is 0 Å². The second-order valence-electron chi connectivity index (χ2n) is 5.89. The molecule has 5 nitrogen and oxygen atoms in total. The van der Waals surface area contributed by atoms with E-state index >= 15 is 0 Å². The van der Waals surface area contributed by atoms with E-state index in [0.29, 0.717) is 29.6 Å². The summed E-state index contributed by atoms with van der Waals surface area (Å²) in [6.45, 7) is 4.94. The molecule has 1 aromatic carbocycles. The lowest BCUT2D eigenvalue weighted by atomic mass is 10.1. The van der Waals surface area contributed by atoms with Gasteiger partial charge in [0, 0.05) is 12.3 Å². The van der Waals surface area contributed by atoms with Gasteiger partial charge in [-0.05, 0) is 48.2 Å². The number of nitrogens with one attached hydrogen (secondary N) is 1. The first-order chi connectivity index (χ1) is 11.5. The molecule has 0 aliphatic rings. The van der Waals surface area contributed by atoms with Crippen LogP contribution < -0.4 is 15.8 Å². The minimum Gasteiger partial charge on any atom is -0.491 e. The fraction of sp³-hybridized carbons (Fsp3) is 0.263. The number of pyridine rings is 1. The van der Waals surface area contributed by atoms with Crippen molar-refractivity contribution in [3.63, 3.8) is 0 Å². The number of benzene rings is 1. The van der Waals surface area contributed by atoms with E-state index in [-0.39, 0.29) is 5.91 Å². The Labute approximate surface area is 142 Å². The normalized spacial score (nSPS) is 11.0. The number of aromatic nitrogens is 1. The zero-order chi connectivity index (χ0) is 17.4. The third kappa shape index (κ3) is 5.76. The van der Waals surface area contributed by atoms with Crippen LogP contribution in [-0.4, -0.2) is 17.5 Å². The van der Waals surface area contributed by atoms with Crippen molar-refractivity contribution in [2.24, 2.45) is 5.92 Å². The maximum absolute atomic E-state index is 11.9. The number of rotatable bonds is 7. The topological polar surface area (TPSA) is 77.2 Å². The Balaban J connectivity index is 1.92. The quantitative estimate of drug-likeness (QED) is 0.600. The van der Waals surface area contributed by atoms with Crippen LogP contribution in [0, 0.1) is 5.92 Å². The van der Waals surface area contributed by atoms with Crippen molar-refractivity contribution in [2.45, 2.75) is 20.3 Å². The minimum absolute atomic E-state index is 0.223. The molecule has 0 atom stereocenters. The summed E-state index contributed by atoms with van der Waals surface area (Å²) in [4.78, 5) is 15.8. The van der Waals surface area contributed by atoms with Gasteiger partial charge in [-0.3, -0.25) is 9.78 Å². The van der Waals surface area contributed by atoms with Gasteiger partial charge in [0.1, 0.15) is 5.75 Å². The molecule has 0 bridgehead atoms. The minimum atomic E-state index is -0.223. The zero-order valence-corrected chi connectivity index (χ0v) is 14.0. The van der Waals surface area contributed by atoms with E-state index in [1.807, 2.05) is 12.1 Å². The summed E-state index contributed by atoms with van der Waals surface area (Å²) in [6, 6.07) is 9.03. The average Bonchev–Trinajstić information content (AvgIpc) is 2.55. The molecule has 126 valence electrons. The third-order valence-corrected chi connectivity index (χ3v) is 3.34. The lowest BCUT2D eigenvalue weighted by molar-refractivity contribution is -0.111. The number of nitrogens with two attached hydrogens (primary N) is 1. The van der Waals surface area contributed by atoms with Gasteiger partial charge in [-0.25, -0.2) is 0 Å². The summed E-state index contributed by atoms with van der Waals surface area (Å²) < 4.78 is 5.67. The van der Waals surface area contributed by atoms with Crippen LogP contribution in [0.2, 0.25) is 0 Å². The molecule has 0 fully saturated rings. The predicted molar refractivity (Wildman–Crippen MR) is 97.7 cm³/mol. The van der Waals surface area contributed by atoms with Crippen LogP contribution in [0.3, 0.4) is 0 Å². The standard InChI is InChI=1S/C19H23N3O2/c1-14(2)9-11-24-18-7-5-15(12-17(18)20)6-8-19(23)22-16-4-3-10-21-13-16/h3-8,10,12-14H,9,11,20H2,1-2H3,(H,22,23)/b8-6-. The van der Waals surface area contributed by atoms with Gasteiger partial charge in [-0.2, -0.15) is 0 Å². The molecular formula is C19H23N3O2. The van der Waals surface area contributed by atoms with Gasteiger partial charge in [0.25, 0.3) is 0 Å². The molecule has 1 aromatic heterocycles. The van der Waals surface area contributed by atoms with Crippen LogP contribution in [0.25, 0.3) is 6.08 Å². The zero-order valence-electron chi connectivity index (χ0n) is 14.0. The van der Waals surface area contributed by atoms with E-state index in [0.717, 1.165) is 12.0 Å². The lowest BCUT2D eigenvalue weighted by Crippen LogP contribution is -2.07. The average molecular weight is 325 g/mol. The highest BCUT2D eigenvalue weighted by Gasteiger charge is 2.03. The smallest absolute Gasteiger partial charge is 0.248 e. The Morgan fingerprint density at radius 2 is 2.21 bits per heavy atom. The molecule has 1 heterocycles. The van der Waals surface area contributed by atoms with Crippen molar-refractivity contribution in [1.29, 1.82) is 0 Å². The number of hydrogen-bond donors (Lipinski definition) is 2. The van der Waals surface area contributed by atoms with Crippen LogP contribution in [0.1, 0.15) is 25.8 Å². The molecule has 0 unspecified atom stereocenters. The lowest BCUT2D eigenvalue weighted by Gasteiger charge is -2.10. The van der Waals surface area contributed by atoms with Crippen molar-refractivity contribution in [3.8, 4) is 5.75 Å². The molecule has 3 N–H and O–H groups in total. The molecule has 0 saturated carbocycles. The van der Waals surface area contributed by atoms with E-state index in [2.05, 4.69) is 24.1 Å². The summed E-state index contributed by atoms with van der Waals surface area (Å²) >= 11 is 0. The molecular weight excluding hydrogens is 302 g/mol. The number of amides is 1. The highest BCUT2D eigenvalue weighted by atomic mass is 16.5. The molecule has 24 heavy (non-hydrogen) atoms.